The summed E-state index contributed by atoms with van der Waals surface area (Å²) in [6.07, 6.45) is 0.158. The molecular formula is C14H18Cl2N2O5S. The Morgan fingerprint density at radius 1 is 1.21 bits per heavy atom. The highest BCUT2D eigenvalue weighted by molar-refractivity contribution is 7.89. The number of primary sulfonamides is 1. The number of benzene rings is 1. The number of hydrogen-bond acceptors (Lipinski definition) is 5. The van der Waals surface area contributed by atoms with Gasteiger partial charge in [-0.25, -0.2) is 13.6 Å². The topological polar surface area (TPSA) is 116 Å². The SMILES string of the molecule is CC(C)(C)CC(=O)OCC(=O)Nc1c(Cl)cc(S(N)(=O)=O)cc1Cl. The molecule has 0 bridgehead atoms. The summed E-state index contributed by atoms with van der Waals surface area (Å²) in [4.78, 5) is 23.1. The van der Waals surface area contributed by atoms with Crippen LogP contribution in [0.2, 0.25) is 10.0 Å². The molecule has 1 aromatic rings. The van der Waals surface area contributed by atoms with E-state index < -0.39 is 28.5 Å². The lowest BCUT2D eigenvalue weighted by Crippen LogP contribution is -2.23. The van der Waals surface area contributed by atoms with Gasteiger partial charge in [-0.1, -0.05) is 44.0 Å². The molecular weight excluding hydrogens is 379 g/mol. The van der Waals surface area contributed by atoms with Gasteiger partial charge in [-0.3, -0.25) is 9.59 Å². The fourth-order valence-electron chi connectivity index (χ4n) is 1.64. The maximum absolute atomic E-state index is 11.8. The van der Waals surface area contributed by atoms with E-state index >= 15 is 0 Å². The molecule has 3 N–H and O–H groups in total. The number of nitrogens with one attached hydrogen (secondary N) is 1. The van der Waals surface area contributed by atoms with Crippen LogP contribution in [0, 0.1) is 5.41 Å². The third kappa shape index (κ3) is 6.64. The third-order valence-corrected chi connectivity index (χ3v) is 4.14. The number of amides is 1. The van der Waals surface area contributed by atoms with Gasteiger partial charge in [-0.15, -0.1) is 0 Å². The number of carbonyl (C=O) groups excluding carboxylic acids is 2. The molecule has 0 aliphatic rings. The summed E-state index contributed by atoms with van der Waals surface area (Å²) in [6, 6.07) is 2.12. The molecule has 0 atom stereocenters. The van der Waals surface area contributed by atoms with Gasteiger partial charge < -0.3 is 10.1 Å². The molecule has 0 aliphatic heterocycles. The van der Waals surface area contributed by atoms with Gasteiger partial charge in [0.25, 0.3) is 5.91 Å². The first-order valence-corrected chi connectivity index (χ1v) is 9.07. The summed E-state index contributed by atoms with van der Waals surface area (Å²) in [5.74, 6) is -1.18. The molecule has 0 aliphatic carbocycles. The van der Waals surface area contributed by atoms with E-state index in [4.69, 9.17) is 33.1 Å². The van der Waals surface area contributed by atoms with Crippen molar-refractivity contribution in [1.82, 2.24) is 0 Å². The molecule has 0 fully saturated rings. The molecule has 10 heteroatoms. The van der Waals surface area contributed by atoms with E-state index in [1.165, 1.54) is 0 Å². The first-order valence-electron chi connectivity index (χ1n) is 6.77. The molecule has 24 heavy (non-hydrogen) atoms. The summed E-state index contributed by atoms with van der Waals surface area (Å²) >= 11 is 11.8. The average Bonchev–Trinajstić information content (AvgIpc) is 2.37. The maximum atomic E-state index is 11.8. The van der Waals surface area contributed by atoms with Crippen LogP contribution in [0.5, 0.6) is 0 Å². The summed E-state index contributed by atoms with van der Waals surface area (Å²) in [6.45, 7) is 5.07. The highest BCUT2D eigenvalue weighted by Crippen LogP contribution is 2.33. The standard InChI is InChI=1S/C14H18Cl2N2O5S/c1-14(2,3)6-12(20)23-7-11(19)18-13-9(15)4-8(5-10(13)16)24(17,21)22/h4-5H,6-7H2,1-3H3,(H,18,19)(H2,17,21,22). The predicted octanol–water partition coefficient (Wildman–Crippen LogP) is 2.56. The number of carbonyl (C=O) groups is 2. The fraction of sp³-hybridized carbons (Fsp3) is 0.429. The van der Waals surface area contributed by atoms with E-state index in [9.17, 15) is 18.0 Å². The van der Waals surface area contributed by atoms with Crippen molar-refractivity contribution in [2.45, 2.75) is 32.1 Å². The number of halogens is 2. The number of rotatable bonds is 5. The van der Waals surface area contributed by atoms with Gasteiger partial charge in [0.2, 0.25) is 10.0 Å². The number of nitrogens with two attached hydrogens (primary N) is 1. The molecule has 1 rings (SSSR count). The normalized spacial score (nSPS) is 11.9. The van der Waals surface area contributed by atoms with Crippen molar-refractivity contribution in [2.75, 3.05) is 11.9 Å². The Bertz CT molecular complexity index is 734. The van der Waals surface area contributed by atoms with Gasteiger partial charge in [0, 0.05) is 0 Å². The second kappa shape index (κ2) is 7.69. The Balaban J connectivity index is 2.76. The molecule has 0 unspecified atom stereocenters. The van der Waals surface area contributed by atoms with Gasteiger partial charge in [-0.2, -0.15) is 0 Å². The van der Waals surface area contributed by atoms with Gasteiger partial charge in [0.05, 0.1) is 27.0 Å². The van der Waals surface area contributed by atoms with Crippen LogP contribution in [0.4, 0.5) is 5.69 Å². The van der Waals surface area contributed by atoms with Crippen LogP contribution in [0.15, 0.2) is 17.0 Å². The summed E-state index contributed by atoms with van der Waals surface area (Å²) < 4.78 is 27.4. The molecule has 0 spiro atoms. The van der Waals surface area contributed by atoms with Crippen molar-refractivity contribution in [3.05, 3.63) is 22.2 Å². The minimum atomic E-state index is -3.98. The van der Waals surface area contributed by atoms with E-state index in [2.05, 4.69) is 5.32 Å². The van der Waals surface area contributed by atoms with Crippen molar-refractivity contribution in [3.63, 3.8) is 0 Å². The maximum Gasteiger partial charge on any atom is 0.306 e. The Hall–Kier alpha value is -1.35. The minimum Gasteiger partial charge on any atom is -0.456 e. The van der Waals surface area contributed by atoms with E-state index in [0.29, 0.717) is 0 Å². The zero-order valence-electron chi connectivity index (χ0n) is 13.4. The Morgan fingerprint density at radius 3 is 2.12 bits per heavy atom. The zero-order chi connectivity index (χ0) is 18.7. The second-order valence-corrected chi connectivity index (χ2v) is 8.63. The molecule has 7 nitrogen and oxygen atoms in total. The van der Waals surface area contributed by atoms with Gasteiger partial charge in [-0.05, 0) is 17.5 Å². The molecule has 0 aromatic heterocycles. The van der Waals surface area contributed by atoms with Crippen LogP contribution in [0.3, 0.4) is 0 Å². The lowest BCUT2D eigenvalue weighted by atomic mass is 9.93. The lowest BCUT2D eigenvalue weighted by molar-refractivity contribution is -0.149. The molecule has 0 radical (unpaired) electrons. The van der Waals surface area contributed by atoms with Crippen molar-refractivity contribution in [1.29, 1.82) is 0 Å². The number of ether oxygens (including phenoxy) is 1. The van der Waals surface area contributed by atoms with Crippen LogP contribution < -0.4 is 10.5 Å². The Kier molecular flexibility index (Phi) is 6.63. The smallest absolute Gasteiger partial charge is 0.306 e. The quantitative estimate of drug-likeness (QED) is 0.741. The molecule has 0 saturated heterocycles. The van der Waals surface area contributed by atoms with E-state index in [1.54, 1.807) is 0 Å². The van der Waals surface area contributed by atoms with Crippen molar-refractivity contribution in [2.24, 2.45) is 10.6 Å². The van der Waals surface area contributed by atoms with Gasteiger partial charge >= 0.3 is 5.97 Å². The van der Waals surface area contributed by atoms with Gasteiger partial charge in [0.1, 0.15) is 0 Å². The highest BCUT2D eigenvalue weighted by Gasteiger charge is 2.19. The molecule has 0 heterocycles. The van der Waals surface area contributed by atoms with Gasteiger partial charge in [0.15, 0.2) is 6.61 Å². The average molecular weight is 397 g/mol. The van der Waals surface area contributed by atoms with Crippen LogP contribution in [-0.2, 0) is 24.3 Å². The van der Waals surface area contributed by atoms with Crippen LogP contribution in [-0.4, -0.2) is 26.9 Å². The molecule has 134 valence electrons. The minimum absolute atomic E-state index is 0.00241. The Morgan fingerprint density at radius 2 is 1.71 bits per heavy atom. The molecule has 1 amide bonds. The monoisotopic (exact) mass is 396 g/mol. The fourth-order valence-corrected chi connectivity index (χ4v) is 2.91. The first kappa shape index (κ1) is 20.7. The van der Waals surface area contributed by atoms with E-state index in [0.717, 1.165) is 12.1 Å². The lowest BCUT2D eigenvalue weighted by Gasteiger charge is -2.16. The van der Waals surface area contributed by atoms with E-state index in [1.807, 2.05) is 20.8 Å². The first-order chi connectivity index (χ1) is 10.8. The largest absolute Gasteiger partial charge is 0.456 e. The predicted molar refractivity (Wildman–Crippen MR) is 91.5 cm³/mol. The molecule has 0 saturated carbocycles. The summed E-state index contributed by atoms with van der Waals surface area (Å²) in [5.41, 5.74) is -0.258. The van der Waals surface area contributed by atoms with Crippen molar-refractivity contribution >= 4 is 50.8 Å². The van der Waals surface area contributed by atoms with Crippen molar-refractivity contribution in [3.8, 4) is 0 Å². The van der Waals surface area contributed by atoms with Crippen molar-refractivity contribution < 1.29 is 22.7 Å². The van der Waals surface area contributed by atoms with E-state index in [-0.39, 0.29) is 32.5 Å². The second-order valence-electron chi connectivity index (χ2n) is 6.25. The summed E-state index contributed by atoms with van der Waals surface area (Å²) in [7, 11) is -3.98. The highest BCUT2D eigenvalue weighted by atomic mass is 35.5. The zero-order valence-corrected chi connectivity index (χ0v) is 15.7. The summed E-state index contributed by atoms with van der Waals surface area (Å²) in [5, 5.41) is 7.13. The molecule has 1 aromatic carbocycles. The van der Waals surface area contributed by atoms with Crippen LogP contribution in [0.25, 0.3) is 0 Å². The third-order valence-electron chi connectivity index (χ3n) is 2.65. The van der Waals surface area contributed by atoms with Crippen LogP contribution >= 0.6 is 23.2 Å². The number of esters is 1. The van der Waals surface area contributed by atoms with Crippen LogP contribution in [0.1, 0.15) is 27.2 Å². The number of hydrogen-bond donors (Lipinski definition) is 2. The Labute approximate surface area is 150 Å². The number of anilines is 1. The number of sulfonamides is 1.